The standard InChI is InChI=1S/C18H20FNO2S/c1-12-10-23-11-16(12)18(22)20-8-6-14(7-9-20)17(21)13-2-4-15(19)5-3-13/h2-5,10-11,14,17,21H,6-9H2,1H3. The molecule has 1 saturated heterocycles. The van der Waals surface area contributed by atoms with E-state index in [2.05, 4.69) is 0 Å². The van der Waals surface area contributed by atoms with E-state index >= 15 is 0 Å². The second kappa shape index (κ2) is 6.81. The minimum absolute atomic E-state index is 0.0819. The first-order valence-electron chi connectivity index (χ1n) is 7.82. The van der Waals surface area contributed by atoms with Crippen LogP contribution in [-0.2, 0) is 0 Å². The van der Waals surface area contributed by atoms with Crippen molar-refractivity contribution in [2.24, 2.45) is 5.92 Å². The molecule has 3 rings (SSSR count). The summed E-state index contributed by atoms with van der Waals surface area (Å²) >= 11 is 1.54. The highest BCUT2D eigenvalue weighted by atomic mass is 32.1. The SMILES string of the molecule is Cc1cscc1C(=O)N1CCC(C(O)c2ccc(F)cc2)CC1. The Kier molecular flexibility index (Phi) is 4.78. The van der Waals surface area contributed by atoms with Gasteiger partial charge in [-0.05, 0) is 54.3 Å². The average molecular weight is 333 g/mol. The molecule has 1 atom stereocenters. The third-order valence-electron chi connectivity index (χ3n) is 4.57. The number of rotatable bonds is 3. The summed E-state index contributed by atoms with van der Waals surface area (Å²) in [6.07, 6.45) is 0.914. The second-order valence-electron chi connectivity index (χ2n) is 6.09. The van der Waals surface area contributed by atoms with Crippen LogP contribution in [0, 0.1) is 18.7 Å². The molecule has 1 fully saturated rings. The molecule has 2 heterocycles. The molecule has 0 saturated carbocycles. The van der Waals surface area contributed by atoms with Gasteiger partial charge in [-0.2, -0.15) is 11.3 Å². The number of hydrogen-bond donors (Lipinski definition) is 1. The van der Waals surface area contributed by atoms with Crippen molar-refractivity contribution < 1.29 is 14.3 Å². The molecule has 3 nitrogen and oxygen atoms in total. The summed E-state index contributed by atoms with van der Waals surface area (Å²) in [5, 5.41) is 14.3. The minimum Gasteiger partial charge on any atom is -0.388 e. The zero-order valence-electron chi connectivity index (χ0n) is 13.0. The second-order valence-corrected chi connectivity index (χ2v) is 6.84. The molecule has 1 aromatic carbocycles. The van der Waals surface area contributed by atoms with E-state index in [-0.39, 0.29) is 17.6 Å². The van der Waals surface area contributed by atoms with E-state index in [1.807, 2.05) is 22.6 Å². The van der Waals surface area contributed by atoms with Crippen LogP contribution in [-0.4, -0.2) is 29.0 Å². The summed E-state index contributed by atoms with van der Waals surface area (Å²) in [5.74, 6) is -0.112. The van der Waals surface area contributed by atoms with Crippen LogP contribution in [0.1, 0.15) is 40.4 Å². The lowest BCUT2D eigenvalue weighted by atomic mass is 9.87. The number of likely N-dealkylation sites (tertiary alicyclic amines) is 1. The largest absolute Gasteiger partial charge is 0.388 e. The molecule has 122 valence electrons. The Morgan fingerprint density at radius 2 is 1.91 bits per heavy atom. The number of carbonyl (C=O) groups is 1. The van der Waals surface area contributed by atoms with E-state index in [4.69, 9.17) is 0 Å². The number of nitrogens with zero attached hydrogens (tertiary/aromatic N) is 1. The molecule has 0 spiro atoms. The van der Waals surface area contributed by atoms with Gasteiger partial charge in [-0.3, -0.25) is 4.79 Å². The molecule has 1 amide bonds. The number of piperidine rings is 1. The number of amides is 1. The number of thiophene rings is 1. The quantitative estimate of drug-likeness (QED) is 0.928. The molecule has 1 aliphatic rings. The Bertz CT molecular complexity index is 675. The molecule has 2 aromatic rings. The highest BCUT2D eigenvalue weighted by Crippen LogP contribution is 2.31. The van der Waals surface area contributed by atoms with Gasteiger partial charge in [-0.25, -0.2) is 4.39 Å². The molecule has 5 heteroatoms. The van der Waals surface area contributed by atoms with Crippen LogP contribution in [0.3, 0.4) is 0 Å². The van der Waals surface area contributed by atoms with Crippen LogP contribution in [0.25, 0.3) is 0 Å². The van der Waals surface area contributed by atoms with Crippen molar-refractivity contribution in [2.45, 2.75) is 25.9 Å². The van der Waals surface area contributed by atoms with Gasteiger partial charge >= 0.3 is 0 Å². The van der Waals surface area contributed by atoms with Crippen LogP contribution in [0.5, 0.6) is 0 Å². The molecule has 1 unspecified atom stereocenters. The molecule has 23 heavy (non-hydrogen) atoms. The monoisotopic (exact) mass is 333 g/mol. The summed E-state index contributed by atoms with van der Waals surface area (Å²) in [7, 11) is 0. The lowest BCUT2D eigenvalue weighted by Gasteiger charge is -2.34. The van der Waals surface area contributed by atoms with E-state index in [0.717, 1.165) is 29.5 Å². The molecular formula is C18H20FNO2S. The number of carbonyl (C=O) groups excluding carboxylic acids is 1. The zero-order chi connectivity index (χ0) is 16.4. The van der Waals surface area contributed by atoms with Crippen molar-refractivity contribution in [1.29, 1.82) is 0 Å². The van der Waals surface area contributed by atoms with Crippen LogP contribution < -0.4 is 0 Å². The summed E-state index contributed by atoms with van der Waals surface area (Å²) in [5.41, 5.74) is 2.55. The Labute approximate surface area is 139 Å². The Morgan fingerprint density at radius 3 is 2.48 bits per heavy atom. The smallest absolute Gasteiger partial charge is 0.254 e. The summed E-state index contributed by atoms with van der Waals surface area (Å²) in [6.45, 7) is 3.25. The Morgan fingerprint density at radius 1 is 1.26 bits per heavy atom. The van der Waals surface area contributed by atoms with Crippen molar-refractivity contribution in [3.05, 3.63) is 57.5 Å². The molecule has 1 N–H and O–H groups in total. The van der Waals surface area contributed by atoms with Gasteiger partial charge in [0.1, 0.15) is 5.82 Å². The van der Waals surface area contributed by atoms with Crippen LogP contribution >= 0.6 is 11.3 Å². The zero-order valence-corrected chi connectivity index (χ0v) is 13.9. The first kappa shape index (κ1) is 16.1. The molecular weight excluding hydrogens is 313 g/mol. The van der Waals surface area contributed by atoms with E-state index in [1.165, 1.54) is 12.1 Å². The fourth-order valence-electron chi connectivity index (χ4n) is 3.10. The lowest BCUT2D eigenvalue weighted by molar-refractivity contribution is 0.0462. The highest BCUT2D eigenvalue weighted by Gasteiger charge is 2.29. The van der Waals surface area contributed by atoms with Gasteiger partial charge in [0.2, 0.25) is 0 Å². The maximum Gasteiger partial charge on any atom is 0.254 e. The lowest BCUT2D eigenvalue weighted by Crippen LogP contribution is -2.39. The number of hydrogen-bond acceptors (Lipinski definition) is 3. The van der Waals surface area contributed by atoms with Gasteiger partial charge in [0.25, 0.3) is 5.91 Å². The fraction of sp³-hybridized carbons (Fsp3) is 0.389. The van der Waals surface area contributed by atoms with Gasteiger partial charge in [-0.15, -0.1) is 0 Å². The van der Waals surface area contributed by atoms with E-state index in [1.54, 1.807) is 23.5 Å². The van der Waals surface area contributed by atoms with Gasteiger partial charge in [0, 0.05) is 18.5 Å². The number of aryl methyl sites for hydroxylation is 1. The molecule has 1 aliphatic heterocycles. The number of aliphatic hydroxyl groups is 1. The van der Waals surface area contributed by atoms with Crippen molar-refractivity contribution >= 4 is 17.2 Å². The van der Waals surface area contributed by atoms with Crippen molar-refractivity contribution in [3.63, 3.8) is 0 Å². The van der Waals surface area contributed by atoms with Crippen LogP contribution in [0.4, 0.5) is 4.39 Å². The van der Waals surface area contributed by atoms with E-state index in [0.29, 0.717) is 13.1 Å². The maximum absolute atomic E-state index is 13.0. The normalized spacial score (nSPS) is 17.3. The maximum atomic E-state index is 13.0. The Hall–Kier alpha value is -1.72. The van der Waals surface area contributed by atoms with E-state index < -0.39 is 6.10 Å². The molecule has 0 aliphatic carbocycles. The topological polar surface area (TPSA) is 40.5 Å². The summed E-state index contributed by atoms with van der Waals surface area (Å²) < 4.78 is 13.0. The molecule has 0 bridgehead atoms. The summed E-state index contributed by atoms with van der Waals surface area (Å²) in [4.78, 5) is 14.4. The third kappa shape index (κ3) is 3.46. The average Bonchev–Trinajstić information content (AvgIpc) is 3.00. The van der Waals surface area contributed by atoms with Crippen molar-refractivity contribution in [1.82, 2.24) is 4.90 Å². The molecule has 1 aromatic heterocycles. The predicted molar refractivity (Wildman–Crippen MR) is 89.0 cm³/mol. The summed E-state index contributed by atoms with van der Waals surface area (Å²) in [6, 6.07) is 6.01. The van der Waals surface area contributed by atoms with Gasteiger partial charge in [-0.1, -0.05) is 12.1 Å². The minimum atomic E-state index is -0.601. The van der Waals surface area contributed by atoms with Crippen molar-refractivity contribution in [2.75, 3.05) is 13.1 Å². The van der Waals surface area contributed by atoms with Crippen molar-refractivity contribution in [3.8, 4) is 0 Å². The predicted octanol–water partition coefficient (Wildman–Crippen LogP) is 3.78. The van der Waals surface area contributed by atoms with Gasteiger partial charge < -0.3 is 10.0 Å². The van der Waals surface area contributed by atoms with Crippen LogP contribution in [0.2, 0.25) is 0 Å². The molecule has 0 radical (unpaired) electrons. The number of halogens is 1. The Balaban J connectivity index is 1.61. The first-order chi connectivity index (χ1) is 11.1. The van der Waals surface area contributed by atoms with Gasteiger partial charge in [0.05, 0.1) is 11.7 Å². The number of benzene rings is 1. The highest BCUT2D eigenvalue weighted by molar-refractivity contribution is 7.08. The van der Waals surface area contributed by atoms with E-state index in [9.17, 15) is 14.3 Å². The fourth-order valence-corrected chi connectivity index (χ4v) is 3.92. The first-order valence-corrected chi connectivity index (χ1v) is 8.76. The third-order valence-corrected chi connectivity index (χ3v) is 5.43. The van der Waals surface area contributed by atoms with Crippen LogP contribution in [0.15, 0.2) is 35.0 Å². The number of aliphatic hydroxyl groups excluding tert-OH is 1. The van der Waals surface area contributed by atoms with Gasteiger partial charge in [0.15, 0.2) is 0 Å².